The highest BCUT2D eigenvalue weighted by Gasteiger charge is 2.14. The average molecular weight is 279 g/mol. The molecule has 0 heterocycles. The SMILES string of the molecule is CCCCN(CCO)C(=O)c1ccc(NC(N)=O)cc1. The van der Waals surface area contributed by atoms with Gasteiger partial charge in [-0.25, -0.2) is 4.79 Å². The van der Waals surface area contributed by atoms with Crippen LogP contribution in [-0.4, -0.2) is 41.6 Å². The summed E-state index contributed by atoms with van der Waals surface area (Å²) in [7, 11) is 0. The van der Waals surface area contributed by atoms with Crippen molar-refractivity contribution in [3.63, 3.8) is 0 Å². The molecule has 0 unspecified atom stereocenters. The zero-order chi connectivity index (χ0) is 15.0. The number of hydrogen-bond acceptors (Lipinski definition) is 3. The van der Waals surface area contributed by atoms with Gasteiger partial charge in [-0.15, -0.1) is 0 Å². The molecule has 0 aliphatic rings. The van der Waals surface area contributed by atoms with Gasteiger partial charge in [-0.2, -0.15) is 0 Å². The predicted octanol–water partition coefficient (Wildman–Crippen LogP) is 1.41. The number of amides is 3. The molecule has 0 saturated heterocycles. The van der Waals surface area contributed by atoms with Crippen LogP contribution < -0.4 is 11.1 Å². The Hall–Kier alpha value is -2.08. The molecule has 0 fully saturated rings. The normalized spacial score (nSPS) is 10.1. The molecule has 0 atom stereocenters. The van der Waals surface area contributed by atoms with Gasteiger partial charge in [-0.1, -0.05) is 13.3 Å². The molecule has 0 radical (unpaired) electrons. The molecule has 1 aromatic carbocycles. The van der Waals surface area contributed by atoms with Crippen molar-refractivity contribution in [2.75, 3.05) is 25.0 Å². The monoisotopic (exact) mass is 279 g/mol. The second-order valence-electron chi connectivity index (χ2n) is 4.44. The number of carbonyl (C=O) groups is 2. The number of primary amides is 1. The molecule has 1 rings (SSSR count). The third-order valence-corrected chi connectivity index (χ3v) is 2.84. The summed E-state index contributed by atoms with van der Waals surface area (Å²) in [5.74, 6) is -0.127. The fraction of sp³-hybridized carbons (Fsp3) is 0.429. The number of nitrogens with two attached hydrogens (primary N) is 1. The van der Waals surface area contributed by atoms with E-state index in [1.165, 1.54) is 0 Å². The number of aliphatic hydroxyl groups is 1. The number of anilines is 1. The maximum Gasteiger partial charge on any atom is 0.316 e. The molecule has 1 aromatic rings. The Kier molecular flexibility index (Phi) is 6.52. The quantitative estimate of drug-likeness (QED) is 0.704. The van der Waals surface area contributed by atoms with Crippen molar-refractivity contribution in [1.29, 1.82) is 0 Å². The molecule has 0 aromatic heterocycles. The van der Waals surface area contributed by atoms with Crippen LogP contribution in [0.2, 0.25) is 0 Å². The van der Waals surface area contributed by atoms with E-state index in [1.54, 1.807) is 29.2 Å². The van der Waals surface area contributed by atoms with Gasteiger partial charge in [0, 0.05) is 24.3 Å². The molecule has 0 spiro atoms. The van der Waals surface area contributed by atoms with Crippen LogP contribution in [0, 0.1) is 0 Å². The van der Waals surface area contributed by atoms with E-state index in [2.05, 4.69) is 5.32 Å². The van der Waals surface area contributed by atoms with Gasteiger partial charge in [0.25, 0.3) is 5.91 Å². The van der Waals surface area contributed by atoms with Crippen LogP contribution >= 0.6 is 0 Å². The number of urea groups is 1. The first-order valence-electron chi connectivity index (χ1n) is 6.65. The summed E-state index contributed by atoms with van der Waals surface area (Å²) < 4.78 is 0. The topological polar surface area (TPSA) is 95.7 Å². The van der Waals surface area contributed by atoms with E-state index in [4.69, 9.17) is 10.8 Å². The highest BCUT2D eigenvalue weighted by Crippen LogP contribution is 2.12. The van der Waals surface area contributed by atoms with E-state index in [0.29, 0.717) is 24.3 Å². The van der Waals surface area contributed by atoms with Gasteiger partial charge in [-0.05, 0) is 30.7 Å². The average Bonchev–Trinajstić information content (AvgIpc) is 2.43. The number of hydrogen-bond donors (Lipinski definition) is 3. The standard InChI is InChI=1S/C14H21N3O3/c1-2-3-8-17(9-10-18)13(19)11-4-6-12(7-5-11)16-14(15)20/h4-7,18H,2-3,8-10H2,1H3,(H3,15,16,20). The summed E-state index contributed by atoms with van der Waals surface area (Å²) >= 11 is 0. The maximum absolute atomic E-state index is 12.3. The van der Waals surface area contributed by atoms with Crippen molar-refractivity contribution in [2.45, 2.75) is 19.8 Å². The molecular weight excluding hydrogens is 258 g/mol. The number of rotatable bonds is 7. The third kappa shape index (κ3) is 4.89. The molecule has 0 aliphatic heterocycles. The Bertz CT molecular complexity index is 445. The zero-order valence-electron chi connectivity index (χ0n) is 11.6. The molecule has 0 bridgehead atoms. The molecule has 3 amide bonds. The van der Waals surface area contributed by atoms with Gasteiger partial charge in [0.15, 0.2) is 0 Å². The summed E-state index contributed by atoms with van der Waals surface area (Å²) in [6.45, 7) is 2.93. The summed E-state index contributed by atoms with van der Waals surface area (Å²) in [6.07, 6.45) is 1.88. The van der Waals surface area contributed by atoms with Crippen molar-refractivity contribution in [1.82, 2.24) is 4.90 Å². The number of carbonyl (C=O) groups excluding carboxylic acids is 2. The first-order chi connectivity index (χ1) is 9.58. The first kappa shape index (κ1) is 16.0. The van der Waals surface area contributed by atoms with Crippen LogP contribution in [0.5, 0.6) is 0 Å². The summed E-state index contributed by atoms with van der Waals surface area (Å²) in [6, 6.07) is 5.85. The molecule has 110 valence electrons. The molecule has 6 nitrogen and oxygen atoms in total. The molecule has 0 saturated carbocycles. The zero-order valence-corrected chi connectivity index (χ0v) is 11.6. The largest absolute Gasteiger partial charge is 0.395 e. The highest BCUT2D eigenvalue weighted by atomic mass is 16.3. The van der Waals surface area contributed by atoms with Crippen molar-refractivity contribution in [3.05, 3.63) is 29.8 Å². The Labute approximate surface area is 118 Å². The van der Waals surface area contributed by atoms with E-state index in [9.17, 15) is 9.59 Å². The van der Waals surface area contributed by atoms with Crippen LogP contribution in [0.4, 0.5) is 10.5 Å². The van der Waals surface area contributed by atoms with Crippen molar-refractivity contribution in [2.24, 2.45) is 5.73 Å². The number of aliphatic hydroxyl groups excluding tert-OH is 1. The highest BCUT2D eigenvalue weighted by molar-refractivity contribution is 5.95. The van der Waals surface area contributed by atoms with E-state index in [0.717, 1.165) is 12.8 Å². The van der Waals surface area contributed by atoms with Crippen LogP contribution in [0.3, 0.4) is 0 Å². The van der Waals surface area contributed by atoms with Crippen LogP contribution in [-0.2, 0) is 0 Å². The lowest BCUT2D eigenvalue weighted by Crippen LogP contribution is -2.34. The van der Waals surface area contributed by atoms with Gasteiger partial charge in [0.05, 0.1) is 6.61 Å². The fourth-order valence-electron chi connectivity index (χ4n) is 1.81. The Morgan fingerprint density at radius 3 is 2.40 bits per heavy atom. The summed E-state index contributed by atoms with van der Waals surface area (Å²) in [4.78, 5) is 24.6. The van der Waals surface area contributed by atoms with Gasteiger partial charge < -0.3 is 21.1 Å². The second kappa shape index (κ2) is 8.16. The van der Waals surface area contributed by atoms with Crippen LogP contribution in [0.1, 0.15) is 30.1 Å². The van der Waals surface area contributed by atoms with Crippen LogP contribution in [0.25, 0.3) is 0 Å². The van der Waals surface area contributed by atoms with E-state index < -0.39 is 6.03 Å². The lowest BCUT2D eigenvalue weighted by atomic mass is 10.1. The van der Waals surface area contributed by atoms with E-state index >= 15 is 0 Å². The van der Waals surface area contributed by atoms with Gasteiger partial charge in [0.1, 0.15) is 0 Å². The minimum atomic E-state index is -0.645. The van der Waals surface area contributed by atoms with E-state index in [1.807, 2.05) is 6.92 Å². The lowest BCUT2D eigenvalue weighted by molar-refractivity contribution is 0.0719. The molecule has 0 aliphatic carbocycles. The van der Waals surface area contributed by atoms with Crippen molar-refractivity contribution < 1.29 is 14.7 Å². The van der Waals surface area contributed by atoms with Gasteiger partial charge >= 0.3 is 6.03 Å². The second-order valence-corrected chi connectivity index (χ2v) is 4.44. The van der Waals surface area contributed by atoms with E-state index in [-0.39, 0.29) is 12.5 Å². The van der Waals surface area contributed by atoms with Crippen LogP contribution in [0.15, 0.2) is 24.3 Å². The minimum absolute atomic E-state index is 0.0588. The number of nitrogens with one attached hydrogen (secondary N) is 1. The Morgan fingerprint density at radius 2 is 1.90 bits per heavy atom. The number of nitrogens with zero attached hydrogens (tertiary/aromatic N) is 1. The predicted molar refractivity (Wildman–Crippen MR) is 77.5 cm³/mol. The Morgan fingerprint density at radius 1 is 1.25 bits per heavy atom. The minimum Gasteiger partial charge on any atom is -0.395 e. The molecule has 4 N–H and O–H groups in total. The lowest BCUT2D eigenvalue weighted by Gasteiger charge is -2.21. The van der Waals surface area contributed by atoms with Crippen molar-refractivity contribution in [3.8, 4) is 0 Å². The first-order valence-corrected chi connectivity index (χ1v) is 6.65. The smallest absolute Gasteiger partial charge is 0.316 e. The molecule has 6 heteroatoms. The fourth-order valence-corrected chi connectivity index (χ4v) is 1.81. The van der Waals surface area contributed by atoms with Gasteiger partial charge in [0.2, 0.25) is 0 Å². The van der Waals surface area contributed by atoms with Crippen molar-refractivity contribution >= 4 is 17.6 Å². The molecule has 20 heavy (non-hydrogen) atoms. The Balaban J connectivity index is 2.75. The summed E-state index contributed by atoms with van der Waals surface area (Å²) in [5, 5.41) is 11.5. The number of unbranched alkanes of at least 4 members (excludes halogenated alkanes) is 1. The number of benzene rings is 1. The third-order valence-electron chi connectivity index (χ3n) is 2.84. The molecular formula is C14H21N3O3. The maximum atomic E-state index is 12.3. The summed E-state index contributed by atoms with van der Waals surface area (Å²) in [5.41, 5.74) is 6.07. The van der Waals surface area contributed by atoms with Gasteiger partial charge in [-0.3, -0.25) is 4.79 Å².